The van der Waals surface area contributed by atoms with Crippen LogP contribution < -0.4 is 4.72 Å². The molecule has 1 N–H and O–H groups in total. The molecule has 1 aromatic carbocycles. The van der Waals surface area contributed by atoms with Crippen LogP contribution in [0.5, 0.6) is 0 Å². The summed E-state index contributed by atoms with van der Waals surface area (Å²) >= 11 is 4.47. The van der Waals surface area contributed by atoms with Crippen LogP contribution in [0.2, 0.25) is 0 Å². The van der Waals surface area contributed by atoms with Gasteiger partial charge in [0.2, 0.25) is 10.0 Å². The molecule has 0 heterocycles. The van der Waals surface area contributed by atoms with Gasteiger partial charge in [-0.25, -0.2) is 13.4 Å². The molecule has 0 aliphatic carbocycles. The Morgan fingerprint density at radius 2 is 2.00 bits per heavy atom. The summed E-state index contributed by atoms with van der Waals surface area (Å²) in [6, 6.07) is 8.95. The maximum Gasteiger partial charge on any atom is 0.210 e. The van der Waals surface area contributed by atoms with Gasteiger partial charge >= 0.3 is 0 Å². The van der Waals surface area contributed by atoms with Crippen molar-refractivity contribution in [2.45, 2.75) is 6.17 Å². The molecule has 1 aromatic rings. The largest absolute Gasteiger partial charge is 0.213 e. The Labute approximate surface area is 94.1 Å². The fourth-order valence-electron chi connectivity index (χ4n) is 1.06. The van der Waals surface area contributed by atoms with Gasteiger partial charge in [-0.1, -0.05) is 30.3 Å². The molecule has 1 atom stereocenters. The summed E-state index contributed by atoms with van der Waals surface area (Å²) in [5, 5.41) is 2.17. The summed E-state index contributed by atoms with van der Waals surface area (Å²) in [5.41, 5.74) is 0.722. The molecule has 4 nitrogen and oxygen atoms in total. The Balaban J connectivity index is 2.99. The number of hydrogen-bond acceptors (Lipinski definition) is 4. The van der Waals surface area contributed by atoms with Gasteiger partial charge in [-0.2, -0.15) is 4.72 Å². The number of nitrogens with one attached hydrogen (secondary N) is 1. The molecule has 1 unspecified atom stereocenters. The van der Waals surface area contributed by atoms with Crippen LogP contribution in [0.3, 0.4) is 0 Å². The summed E-state index contributed by atoms with van der Waals surface area (Å²) in [4.78, 5) is 3.75. The van der Waals surface area contributed by atoms with E-state index in [4.69, 9.17) is 0 Å². The summed E-state index contributed by atoms with van der Waals surface area (Å²) < 4.78 is 24.5. The van der Waals surface area contributed by atoms with E-state index in [9.17, 15) is 8.42 Å². The number of rotatable bonds is 4. The molecule has 0 aliphatic heterocycles. The van der Waals surface area contributed by atoms with Crippen LogP contribution in [0.15, 0.2) is 35.3 Å². The molecule has 0 amide bonds. The molecule has 0 aliphatic rings. The normalized spacial score (nSPS) is 12.9. The summed E-state index contributed by atoms with van der Waals surface area (Å²) in [7, 11) is -3.32. The van der Waals surface area contributed by atoms with E-state index in [0.717, 1.165) is 11.8 Å². The molecule has 15 heavy (non-hydrogen) atoms. The fraction of sp³-hybridized carbons (Fsp3) is 0.222. The minimum Gasteiger partial charge on any atom is -0.213 e. The second-order valence-corrected chi connectivity index (χ2v) is 4.89. The molecule has 0 spiro atoms. The lowest BCUT2D eigenvalue weighted by molar-refractivity contribution is 0.569. The number of isothiocyanates is 1. The average Bonchev–Trinajstić information content (AvgIpc) is 2.17. The Bertz CT molecular complexity index is 464. The molecule has 0 saturated heterocycles. The molecule has 80 valence electrons. The third-order valence-electron chi connectivity index (χ3n) is 1.62. The lowest BCUT2D eigenvalue weighted by atomic mass is 10.2. The molecular formula is C9H10N2O2S2. The maximum absolute atomic E-state index is 11.1. The first-order valence-corrected chi connectivity index (χ1v) is 6.42. The molecule has 0 bridgehead atoms. The van der Waals surface area contributed by atoms with Crippen LogP contribution in [0, 0.1) is 0 Å². The molecule has 6 heteroatoms. The third kappa shape index (κ3) is 4.31. The monoisotopic (exact) mass is 242 g/mol. The highest BCUT2D eigenvalue weighted by molar-refractivity contribution is 7.88. The molecule has 1 rings (SSSR count). The van der Waals surface area contributed by atoms with E-state index >= 15 is 0 Å². The van der Waals surface area contributed by atoms with E-state index in [-0.39, 0.29) is 0 Å². The first-order chi connectivity index (χ1) is 7.03. The van der Waals surface area contributed by atoms with Crippen molar-refractivity contribution >= 4 is 27.4 Å². The zero-order valence-electron chi connectivity index (χ0n) is 8.04. The number of nitrogens with zero attached hydrogens (tertiary/aromatic N) is 1. The number of hydrogen-bond donors (Lipinski definition) is 1. The molecule has 0 fully saturated rings. The number of aliphatic imine (C=N–C) groups is 1. The van der Waals surface area contributed by atoms with E-state index < -0.39 is 16.2 Å². The van der Waals surface area contributed by atoms with Gasteiger partial charge in [-0.05, 0) is 17.8 Å². The highest BCUT2D eigenvalue weighted by atomic mass is 32.2. The third-order valence-corrected chi connectivity index (χ3v) is 2.38. The topological polar surface area (TPSA) is 58.5 Å². The predicted molar refractivity (Wildman–Crippen MR) is 62.2 cm³/mol. The highest BCUT2D eigenvalue weighted by Crippen LogP contribution is 2.13. The fourth-order valence-corrected chi connectivity index (χ4v) is 1.76. The van der Waals surface area contributed by atoms with E-state index in [2.05, 4.69) is 27.1 Å². The standard InChI is InChI=1S/C9H10N2O2S2/c1-15(12,13)11-9(10-7-14)8-5-3-2-4-6-8/h2-6,9,11H,1H3. The van der Waals surface area contributed by atoms with Crippen LogP contribution in [0.25, 0.3) is 0 Å². The molecule has 0 radical (unpaired) electrons. The number of thiocarbonyl (C=S) groups is 1. The van der Waals surface area contributed by atoms with Crippen molar-refractivity contribution in [1.82, 2.24) is 4.72 Å². The Hall–Kier alpha value is -1.07. The summed E-state index contributed by atoms with van der Waals surface area (Å²) in [5.74, 6) is 0. The van der Waals surface area contributed by atoms with Gasteiger partial charge in [0.25, 0.3) is 0 Å². The van der Waals surface area contributed by atoms with E-state index in [0.29, 0.717) is 0 Å². The Morgan fingerprint density at radius 3 is 2.47 bits per heavy atom. The van der Waals surface area contributed by atoms with E-state index in [1.807, 2.05) is 6.07 Å². The summed E-state index contributed by atoms with van der Waals surface area (Å²) in [6.07, 6.45) is 0.376. The maximum atomic E-state index is 11.1. The van der Waals surface area contributed by atoms with Gasteiger partial charge < -0.3 is 0 Å². The van der Waals surface area contributed by atoms with Gasteiger partial charge in [0.1, 0.15) is 6.17 Å². The minimum absolute atomic E-state index is 0.696. The van der Waals surface area contributed by atoms with Crippen molar-refractivity contribution in [2.75, 3.05) is 6.26 Å². The van der Waals surface area contributed by atoms with Gasteiger partial charge in [0.05, 0.1) is 11.4 Å². The van der Waals surface area contributed by atoms with Crippen LogP contribution in [0.1, 0.15) is 11.7 Å². The highest BCUT2D eigenvalue weighted by Gasteiger charge is 2.13. The van der Waals surface area contributed by atoms with Crippen LogP contribution >= 0.6 is 12.2 Å². The lowest BCUT2D eigenvalue weighted by Gasteiger charge is -2.11. The number of sulfonamides is 1. The first kappa shape index (κ1) is 12.0. The predicted octanol–water partition coefficient (Wildman–Crippen LogP) is 1.34. The molecular weight excluding hydrogens is 232 g/mol. The first-order valence-electron chi connectivity index (χ1n) is 4.12. The number of benzene rings is 1. The average molecular weight is 242 g/mol. The van der Waals surface area contributed by atoms with Crippen molar-refractivity contribution in [3.63, 3.8) is 0 Å². The Morgan fingerprint density at radius 1 is 1.40 bits per heavy atom. The summed E-state index contributed by atoms with van der Waals surface area (Å²) in [6.45, 7) is 0. The zero-order valence-corrected chi connectivity index (χ0v) is 9.68. The van der Waals surface area contributed by atoms with Crippen LogP contribution in [-0.2, 0) is 10.0 Å². The van der Waals surface area contributed by atoms with Crippen molar-refractivity contribution in [2.24, 2.45) is 4.99 Å². The van der Waals surface area contributed by atoms with Crippen LogP contribution in [0.4, 0.5) is 0 Å². The van der Waals surface area contributed by atoms with Crippen LogP contribution in [-0.4, -0.2) is 19.8 Å². The smallest absolute Gasteiger partial charge is 0.210 e. The van der Waals surface area contributed by atoms with Gasteiger partial charge in [0.15, 0.2) is 0 Å². The molecule has 0 aromatic heterocycles. The van der Waals surface area contributed by atoms with E-state index in [1.165, 1.54) is 0 Å². The van der Waals surface area contributed by atoms with Gasteiger partial charge in [-0.3, -0.25) is 0 Å². The van der Waals surface area contributed by atoms with E-state index in [1.54, 1.807) is 24.3 Å². The van der Waals surface area contributed by atoms with Crippen molar-refractivity contribution in [3.8, 4) is 0 Å². The molecule has 0 saturated carbocycles. The van der Waals surface area contributed by atoms with Gasteiger partial charge in [0, 0.05) is 0 Å². The quantitative estimate of drug-likeness (QED) is 0.640. The van der Waals surface area contributed by atoms with Crippen molar-refractivity contribution < 1.29 is 8.42 Å². The van der Waals surface area contributed by atoms with Crippen molar-refractivity contribution in [1.29, 1.82) is 0 Å². The zero-order chi connectivity index (χ0) is 11.3. The Kier molecular flexibility index (Phi) is 4.11. The lowest BCUT2D eigenvalue weighted by Crippen LogP contribution is -2.26. The second kappa shape index (κ2) is 5.14. The second-order valence-electron chi connectivity index (χ2n) is 2.92. The van der Waals surface area contributed by atoms with Gasteiger partial charge in [-0.15, -0.1) is 0 Å². The van der Waals surface area contributed by atoms with Crippen molar-refractivity contribution in [3.05, 3.63) is 35.9 Å². The SMILES string of the molecule is CS(=O)(=O)NC(N=C=S)c1ccccc1. The minimum atomic E-state index is -3.32.